The molecular formula is C29H32FN3O2. The molecule has 0 radical (unpaired) electrons. The second kappa shape index (κ2) is 11.6. The number of rotatable bonds is 11. The van der Waals surface area contributed by atoms with E-state index in [0.717, 1.165) is 66.0 Å². The zero-order valence-corrected chi connectivity index (χ0v) is 20.4. The molecule has 1 aromatic heterocycles. The van der Waals surface area contributed by atoms with Gasteiger partial charge in [0, 0.05) is 19.5 Å². The fourth-order valence-corrected chi connectivity index (χ4v) is 4.33. The van der Waals surface area contributed by atoms with Crippen LogP contribution >= 0.6 is 0 Å². The molecule has 1 heterocycles. The number of unbranched alkanes of at least 4 members (excludes halogenated alkanes) is 1. The molecule has 0 atom stereocenters. The highest BCUT2D eigenvalue weighted by molar-refractivity contribution is 5.94. The molecule has 0 aliphatic rings. The van der Waals surface area contributed by atoms with Gasteiger partial charge >= 0.3 is 0 Å². The molecule has 0 aliphatic heterocycles. The molecule has 0 aliphatic carbocycles. The normalized spacial score (nSPS) is 11.1. The molecular weight excluding hydrogens is 441 g/mol. The fraction of sp³-hybridized carbons (Fsp3) is 0.310. The first-order valence-electron chi connectivity index (χ1n) is 12.2. The molecule has 0 fully saturated rings. The first-order valence-corrected chi connectivity index (χ1v) is 12.2. The summed E-state index contributed by atoms with van der Waals surface area (Å²) in [6.07, 6.45) is 3.37. The van der Waals surface area contributed by atoms with Crippen LogP contribution in [0.4, 0.5) is 4.39 Å². The number of hydrogen-bond donors (Lipinski definition) is 1. The number of ether oxygens (including phenoxy) is 1. The smallest absolute Gasteiger partial charge is 0.254 e. The largest absolute Gasteiger partial charge is 0.493 e. The third-order valence-electron chi connectivity index (χ3n) is 6.15. The monoisotopic (exact) mass is 473 g/mol. The van der Waals surface area contributed by atoms with Crippen LogP contribution in [0.25, 0.3) is 11.0 Å². The zero-order chi connectivity index (χ0) is 24.6. The van der Waals surface area contributed by atoms with Gasteiger partial charge in [-0.15, -0.1) is 0 Å². The summed E-state index contributed by atoms with van der Waals surface area (Å²) >= 11 is 0. The highest BCUT2D eigenvalue weighted by Crippen LogP contribution is 2.23. The first-order chi connectivity index (χ1) is 17.0. The van der Waals surface area contributed by atoms with E-state index in [1.165, 1.54) is 12.1 Å². The van der Waals surface area contributed by atoms with Crippen LogP contribution in [-0.2, 0) is 13.0 Å². The third-order valence-corrected chi connectivity index (χ3v) is 6.15. The van der Waals surface area contributed by atoms with Crippen LogP contribution in [0.2, 0.25) is 0 Å². The Kier molecular flexibility index (Phi) is 8.14. The number of fused-ring (bicyclic) bond motifs is 1. The number of amides is 1. The van der Waals surface area contributed by atoms with E-state index >= 15 is 0 Å². The predicted octanol–water partition coefficient (Wildman–Crippen LogP) is 6.01. The number of carbonyl (C=O) groups excluding carboxylic acids is 1. The van der Waals surface area contributed by atoms with Crippen LogP contribution in [0.1, 0.15) is 46.6 Å². The minimum atomic E-state index is -0.506. The molecule has 0 saturated carbocycles. The number of aryl methyl sites for hydroxylation is 4. The molecule has 4 aromatic rings. The van der Waals surface area contributed by atoms with Crippen molar-refractivity contribution in [2.24, 2.45) is 0 Å². The second-order valence-electron chi connectivity index (χ2n) is 8.78. The van der Waals surface area contributed by atoms with Crippen LogP contribution in [0.15, 0.2) is 66.7 Å². The number of nitrogens with zero attached hydrogens (tertiary/aromatic N) is 2. The molecule has 1 N–H and O–H groups in total. The van der Waals surface area contributed by atoms with Gasteiger partial charge < -0.3 is 14.6 Å². The Morgan fingerprint density at radius 1 is 0.943 bits per heavy atom. The summed E-state index contributed by atoms with van der Waals surface area (Å²) in [5.41, 5.74) is 4.49. The lowest BCUT2D eigenvalue weighted by atomic mass is 10.1. The summed E-state index contributed by atoms with van der Waals surface area (Å²) in [6, 6.07) is 20.4. The van der Waals surface area contributed by atoms with E-state index in [1.54, 1.807) is 12.1 Å². The first kappa shape index (κ1) is 24.5. The predicted molar refractivity (Wildman–Crippen MR) is 137 cm³/mol. The Balaban J connectivity index is 1.31. The maximum Gasteiger partial charge on any atom is 0.254 e. The molecule has 182 valence electrons. The molecule has 35 heavy (non-hydrogen) atoms. The van der Waals surface area contributed by atoms with Crippen LogP contribution in [0.3, 0.4) is 0 Å². The average molecular weight is 474 g/mol. The maximum atomic E-state index is 13.8. The van der Waals surface area contributed by atoms with Crippen LogP contribution in [0, 0.1) is 19.7 Å². The maximum absolute atomic E-state index is 13.8. The standard InChI is InChI=1S/C29H32FN3O2/c1-21-11-9-12-22(2)28(21)35-20-8-7-19-33-26-16-6-5-15-25(26)32-27(33)17-10-18-31-29(34)23-13-3-4-14-24(23)30/h3-6,9,11-16H,7-8,10,17-20H2,1-2H3,(H,31,34). The lowest BCUT2D eigenvalue weighted by Crippen LogP contribution is -2.25. The molecule has 0 bridgehead atoms. The Bertz CT molecular complexity index is 1280. The summed E-state index contributed by atoms with van der Waals surface area (Å²) in [6.45, 7) is 6.14. The number of nitrogens with one attached hydrogen (secondary N) is 1. The molecule has 1 amide bonds. The SMILES string of the molecule is Cc1cccc(C)c1OCCCCn1c(CCCNC(=O)c2ccccc2F)nc2ccccc21. The Labute approximate surface area is 206 Å². The van der Waals surface area contributed by atoms with Crippen LogP contribution in [0.5, 0.6) is 5.75 Å². The Morgan fingerprint density at radius 2 is 1.69 bits per heavy atom. The quantitative estimate of drug-likeness (QED) is 0.271. The van der Waals surface area contributed by atoms with E-state index in [0.29, 0.717) is 13.2 Å². The highest BCUT2D eigenvalue weighted by Gasteiger charge is 2.12. The van der Waals surface area contributed by atoms with Gasteiger partial charge in [-0.2, -0.15) is 0 Å². The zero-order valence-electron chi connectivity index (χ0n) is 20.4. The van der Waals surface area contributed by atoms with Gasteiger partial charge in [0.1, 0.15) is 17.4 Å². The van der Waals surface area contributed by atoms with Gasteiger partial charge in [-0.1, -0.05) is 42.5 Å². The van der Waals surface area contributed by atoms with Crippen LogP contribution < -0.4 is 10.1 Å². The number of aromatic nitrogens is 2. The van der Waals surface area contributed by atoms with Crippen molar-refractivity contribution in [3.8, 4) is 5.75 Å². The summed E-state index contributed by atoms with van der Waals surface area (Å²) in [5.74, 6) is 1.09. The molecule has 3 aromatic carbocycles. The molecule has 0 saturated heterocycles. The van der Waals surface area contributed by atoms with Crippen molar-refractivity contribution >= 4 is 16.9 Å². The van der Waals surface area contributed by atoms with Gasteiger partial charge in [0.05, 0.1) is 23.2 Å². The van der Waals surface area contributed by atoms with Gasteiger partial charge in [0.2, 0.25) is 0 Å². The van der Waals surface area contributed by atoms with E-state index in [2.05, 4.69) is 48.0 Å². The number of imidazole rings is 1. The number of hydrogen-bond acceptors (Lipinski definition) is 3. The fourth-order valence-electron chi connectivity index (χ4n) is 4.33. The minimum absolute atomic E-state index is 0.0721. The lowest BCUT2D eigenvalue weighted by Gasteiger charge is -2.13. The minimum Gasteiger partial charge on any atom is -0.493 e. The molecule has 0 spiro atoms. The summed E-state index contributed by atoms with van der Waals surface area (Å²) in [5, 5.41) is 2.82. The van der Waals surface area contributed by atoms with Gasteiger partial charge in [0.15, 0.2) is 0 Å². The number of carbonyl (C=O) groups is 1. The van der Waals surface area contributed by atoms with Crippen molar-refractivity contribution in [3.63, 3.8) is 0 Å². The Hall–Kier alpha value is -3.67. The van der Waals surface area contributed by atoms with E-state index in [9.17, 15) is 9.18 Å². The van der Waals surface area contributed by atoms with Crippen LogP contribution in [-0.4, -0.2) is 28.6 Å². The summed E-state index contributed by atoms with van der Waals surface area (Å²) < 4.78 is 22.1. The summed E-state index contributed by atoms with van der Waals surface area (Å²) in [7, 11) is 0. The average Bonchev–Trinajstić information content (AvgIpc) is 3.20. The van der Waals surface area contributed by atoms with Crippen molar-refractivity contribution in [2.75, 3.05) is 13.2 Å². The van der Waals surface area contributed by atoms with E-state index in [1.807, 2.05) is 18.2 Å². The summed E-state index contributed by atoms with van der Waals surface area (Å²) in [4.78, 5) is 17.1. The third kappa shape index (κ3) is 6.07. The van der Waals surface area contributed by atoms with E-state index in [4.69, 9.17) is 9.72 Å². The number of benzene rings is 3. The van der Waals surface area contributed by atoms with Crippen molar-refractivity contribution in [2.45, 2.75) is 46.1 Å². The second-order valence-corrected chi connectivity index (χ2v) is 8.78. The van der Waals surface area contributed by atoms with Crippen molar-refractivity contribution in [1.29, 1.82) is 0 Å². The number of para-hydroxylation sites is 3. The van der Waals surface area contributed by atoms with E-state index in [-0.39, 0.29) is 11.5 Å². The van der Waals surface area contributed by atoms with Gasteiger partial charge in [-0.3, -0.25) is 4.79 Å². The molecule has 4 rings (SSSR count). The highest BCUT2D eigenvalue weighted by atomic mass is 19.1. The molecule has 0 unspecified atom stereocenters. The Morgan fingerprint density at radius 3 is 2.49 bits per heavy atom. The van der Waals surface area contributed by atoms with Gasteiger partial charge in [-0.05, 0) is 68.5 Å². The van der Waals surface area contributed by atoms with Crippen molar-refractivity contribution in [3.05, 3.63) is 95.1 Å². The topological polar surface area (TPSA) is 56.1 Å². The molecule has 5 nitrogen and oxygen atoms in total. The van der Waals surface area contributed by atoms with E-state index < -0.39 is 5.82 Å². The van der Waals surface area contributed by atoms with Gasteiger partial charge in [-0.25, -0.2) is 9.37 Å². The van der Waals surface area contributed by atoms with Crippen molar-refractivity contribution < 1.29 is 13.9 Å². The number of halogens is 1. The lowest BCUT2D eigenvalue weighted by molar-refractivity contribution is 0.0949. The van der Waals surface area contributed by atoms with Gasteiger partial charge in [0.25, 0.3) is 5.91 Å². The van der Waals surface area contributed by atoms with Crippen molar-refractivity contribution in [1.82, 2.24) is 14.9 Å². The molecule has 6 heteroatoms.